The van der Waals surface area contributed by atoms with Crippen molar-refractivity contribution in [3.63, 3.8) is 0 Å². The molecule has 1 aliphatic carbocycles. The lowest BCUT2D eigenvalue weighted by atomic mass is 9.83. The molecule has 1 fully saturated rings. The van der Waals surface area contributed by atoms with Gasteiger partial charge in [0.05, 0.1) is 0 Å². The zero-order valence-electron chi connectivity index (χ0n) is 11.6. The van der Waals surface area contributed by atoms with E-state index >= 15 is 0 Å². The maximum Gasteiger partial charge on any atom is 0.127 e. The summed E-state index contributed by atoms with van der Waals surface area (Å²) in [5, 5.41) is 3.77. The van der Waals surface area contributed by atoms with Gasteiger partial charge < -0.3 is 5.32 Å². The van der Waals surface area contributed by atoms with Crippen molar-refractivity contribution in [2.24, 2.45) is 11.8 Å². The summed E-state index contributed by atoms with van der Waals surface area (Å²) in [5.41, 5.74) is 0.817. The minimum atomic E-state index is -0.153. The number of halogens is 2. The molecule has 1 nitrogen and oxygen atoms in total. The Morgan fingerprint density at radius 1 is 1.21 bits per heavy atom. The molecule has 0 radical (unpaired) electrons. The Kier molecular flexibility index (Phi) is 5.65. The predicted octanol–water partition coefficient (Wildman–Crippen LogP) is 4.44. The minimum absolute atomic E-state index is 0.153. The maximum absolute atomic E-state index is 13.9. The van der Waals surface area contributed by atoms with E-state index in [2.05, 4.69) is 5.32 Å². The van der Waals surface area contributed by atoms with Crippen molar-refractivity contribution in [1.82, 2.24) is 5.32 Å². The molecule has 2 unspecified atom stereocenters. The van der Waals surface area contributed by atoms with Crippen LogP contribution in [0.3, 0.4) is 0 Å². The summed E-state index contributed by atoms with van der Waals surface area (Å²) in [4.78, 5) is 0. The van der Waals surface area contributed by atoms with Crippen molar-refractivity contribution < 1.29 is 4.39 Å². The molecular weight excluding hydrogens is 261 g/mol. The molecule has 0 aliphatic heterocycles. The molecule has 1 aromatic carbocycles. The lowest BCUT2D eigenvalue weighted by Crippen LogP contribution is -2.26. The van der Waals surface area contributed by atoms with Crippen LogP contribution >= 0.6 is 11.6 Å². The SMILES string of the molecule is CNCC1CCCCCC1Cc1ccc(Cl)cc1F. The molecule has 1 saturated carbocycles. The number of hydrogen-bond acceptors (Lipinski definition) is 1. The standard InChI is InChI=1S/C16H23ClFN/c1-19-11-14-6-4-2-3-5-12(14)9-13-7-8-15(17)10-16(13)18/h7-8,10,12,14,19H,2-6,9,11H2,1H3. The Hall–Kier alpha value is -0.600. The van der Waals surface area contributed by atoms with Gasteiger partial charge >= 0.3 is 0 Å². The summed E-state index contributed by atoms with van der Waals surface area (Å²) in [5.74, 6) is 1.10. The summed E-state index contributed by atoms with van der Waals surface area (Å²) >= 11 is 5.81. The fraction of sp³-hybridized carbons (Fsp3) is 0.625. The van der Waals surface area contributed by atoms with E-state index in [1.54, 1.807) is 6.07 Å². The van der Waals surface area contributed by atoms with Crippen molar-refractivity contribution >= 4 is 11.6 Å². The third-order valence-corrected chi connectivity index (χ3v) is 4.52. The Bertz CT molecular complexity index is 408. The van der Waals surface area contributed by atoms with Gasteiger partial charge in [-0.2, -0.15) is 0 Å². The van der Waals surface area contributed by atoms with Gasteiger partial charge in [0.25, 0.3) is 0 Å². The average Bonchev–Trinajstić information content (AvgIpc) is 2.59. The van der Waals surface area contributed by atoms with E-state index < -0.39 is 0 Å². The predicted molar refractivity (Wildman–Crippen MR) is 79.1 cm³/mol. The van der Waals surface area contributed by atoms with E-state index in [4.69, 9.17) is 11.6 Å². The highest BCUT2D eigenvalue weighted by Crippen LogP contribution is 2.32. The summed E-state index contributed by atoms with van der Waals surface area (Å²) in [6, 6.07) is 5.07. The molecule has 3 heteroatoms. The topological polar surface area (TPSA) is 12.0 Å². The Balaban J connectivity index is 2.09. The van der Waals surface area contributed by atoms with E-state index in [1.807, 2.05) is 13.1 Å². The Morgan fingerprint density at radius 3 is 2.63 bits per heavy atom. The third kappa shape index (κ3) is 4.19. The fourth-order valence-electron chi connectivity index (χ4n) is 3.23. The molecule has 2 rings (SSSR count). The van der Waals surface area contributed by atoms with E-state index in [0.29, 0.717) is 16.9 Å². The van der Waals surface area contributed by atoms with Gasteiger partial charge in [-0.05, 0) is 62.4 Å². The van der Waals surface area contributed by atoms with Crippen LogP contribution in [-0.4, -0.2) is 13.6 Å². The van der Waals surface area contributed by atoms with Gasteiger partial charge in [0.15, 0.2) is 0 Å². The Morgan fingerprint density at radius 2 is 1.95 bits per heavy atom. The van der Waals surface area contributed by atoms with Crippen molar-refractivity contribution in [3.8, 4) is 0 Å². The van der Waals surface area contributed by atoms with Crippen LogP contribution in [0.1, 0.15) is 37.7 Å². The van der Waals surface area contributed by atoms with Gasteiger partial charge in [-0.1, -0.05) is 36.9 Å². The zero-order valence-corrected chi connectivity index (χ0v) is 12.3. The minimum Gasteiger partial charge on any atom is -0.319 e. The molecule has 0 saturated heterocycles. The van der Waals surface area contributed by atoms with Crippen LogP contribution in [0.15, 0.2) is 18.2 Å². The highest BCUT2D eigenvalue weighted by atomic mass is 35.5. The third-order valence-electron chi connectivity index (χ3n) is 4.28. The van der Waals surface area contributed by atoms with Crippen LogP contribution in [0.2, 0.25) is 5.02 Å². The van der Waals surface area contributed by atoms with Crippen molar-refractivity contribution in [2.75, 3.05) is 13.6 Å². The van der Waals surface area contributed by atoms with Crippen molar-refractivity contribution in [3.05, 3.63) is 34.6 Å². The molecule has 0 heterocycles. The first-order chi connectivity index (χ1) is 9.20. The molecule has 106 valence electrons. The van der Waals surface area contributed by atoms with Crippen LogP contribution in [-0.2, 0) is 6.42 Å². The molecule has 1 N–H and O–H groups in total. The molecular formula is C16H23ClFN. The quantitative estimate of drug-likeness (QED) is 0.806. The van der Waals surface area contributed by atoms with E-state index in [1.165, 1.54) is 38.2 Å². The monoisotopic (exact) mass is 283 g/mol. The van der Waals surface area contributed by atoms with Crippen LogP contribution < -0.4 is 5.32 Å². The molecule has 0 spiro atoms. The van der Waals surface area contributed by atoms with E-state index in [-0.39, 0.29) is 5.82 Å². The van der Waals surface area contributed by atoms with Gasteiger partial charge in [0.2, 0.25) is 0 Å². The second-order valence-electron chi connectivity index (χ2n) is 5.66. The van der Waals surface area contributed by atoms with Gasteiger partial charge in [-0.15, -0.1) is 0 Å². The van der Waals surface area contributed by atoms with E-state index in [0.717, 1.165) is 18.5 Å². The largest absolute Gasteiger partial charge is 0.319 e. The summed E-state index contributed by atoms with van der Waals surface area (Å²) in [6.45, 7) is 1.04. The summed E-state index contributed by atoms with van der Waals surface area (Å²) in [6.07, 6.45) is 7.23. The van der Waals surface area contributed by atoms with Gasteiger partial charge in [0.1, 0.15) is 5.82 Å². The average molecular weight is 284 g/mol. The Labute approximate surface area is 120 Å². The van der Waals surface area contributed by atoms with E-state index in [9.17, 15) is 4.39 Å². The number of benzene rings is 1. The highest BCUT2D eigenvalue weighted by Gasteiger charge is 2.24. The number of hydrogen-bond donors (Lipinski definition) is 1. The molecule has 0 bridgehead atoms. The first kappa shape index (κ1) is 14.8. The van der Waals surface area contributed by atoms with Crippen LogP contribution in [0.4, 0.5) is 4.39 Å². The molecule has 19 heavy (non-hydrogen) atoms. The van der Waals surface area contributed by atoms with Crippen LogP contribution in [0.25, 0.3) is 0 Å². The number of rotatable bonds is 4. The molecule has 1 aromatic rings. The van der Waals surface area contributed by atoms with Crippen LogP contribution in [0.5, 0.6) is 0 Å². The van der Waals surface area contributed by atoms with Crippen molar-refractivity contribution in [2.45, 2.75) is 38.5 Å². The first-order valence-corrected chi connectivity index (χ1v) is 7.67. The smallest absolute Gasteiger partial charge is 0.127 e. The second-order valence-corrected chi connectivity index (χ2v) is 6.09. The van der Waals surface area contributed by atoms with Crippen LogP contribution in [0, 0.1) is 17.7 Å². The fourth-order valence-corrected chi connectivity index (χ4v) is 3.39. The zero-order chi connectivity index (χ0) is 13.7. The normalized spacial score (nSPS) is 24.2. The second kappa shape index (κ2) is 7.25. The lowest BCUT2D eigenvalue weighted by molar-refractivity contribution is 0.301. The molecule has 0 aromatic heterocycles. The molecule has 0 amide bonds. The van der Waals surface area contributed by atoms with Gasteiger partial charge in [-0.25, -0.2) is 4.39 Å². The van der Waals surface area contributed by atoms with Gasteiger partial charge in [0, 0.05) is 5.02 Å². The van der Waals surface area contributed by atoms with Gasteiger partial charge in [-0.3, -0.25) is 0 Å². The summed E-state index contributed by atoms with van der Waals surface area (Å²) in [7, 11) is 2.00. The molecule has 1 aliphatic rings. The lowest BCUT2D eigenvalue weighted by Gasteiger charge is -2.25. The van der Waals surface area contributed by atoms with Crippen molar-refractivity contribution in [1.29, 1.82) is 0 Å². The summed E-state index contributed by atoms with van der Waals surface area (Å²) < 4.78 is 13.9. The highest BCUT2D eigenvalue weighted by molar-refractivity contribution is 6.30. The first-order valence-electron chi connectivity index (χ1n) is 7.29. The molecule has 2 atom stereocenters. The number of nitrogens with one attached hydrogen (secondary N) is 1. The maximum atomic E-state index is 13.9.